The molecule has 1 fully saturated rings. The number of hydrogen-bond acceptors (Lipinski definition) is 8. The van der Waals surface area contributed by atoms with E-state index in [1.165, 1.54) is 14.0 Å². The van der Waals surface area contributed by atoms with Gasteiger partial charge in [-0.2, -0.15) is 0 Å². The van der Waals surface area contributed by atoms with Crippen molar-refractivity contribution in [2.75, 3.05) is 20.2 Å². The fourth-order valence-corrected chi connectivity index (χ4v) is 5.42. The molecule has 0 radical (unpaired) electrons. The van der Waals surface area contributed by atoms with Crippen LogP contribution in [0.5, 0.6) is 11.5 Å². The zero-order valence-electron chi connectivity index (χ0n) is 23.6. The number of benzene rings is 1. The number of unbranched alkanes of at least 4 members (excludes halogenated alkanes) is 2. The molecule has 0 aliphatic carbocycles. The quantitative estimate of drug-likeness (QED) is 0.195. The molecule has 5 N–H and O–H groups in total. The molecule has 0 saturated carbocycles. The Balaban J connectivity index is 1.65. The number of esters is 1. The van der Waals surface area contributed by atoms with Crippen molar-refractivity contribution in [2.45, 2.75) is 90.4 Å². The van der Waals surface area contributed by atoms with Gasteiger partial charge in [0.1, 0.15) is 6.10 Å². The van der Waals surface area contributed by atoms with Crippen LogP contribution < -0.4 is 15.8 Å². The number of amides is 1. The van der Waals surface area contributed by atoms with E-state index in [1.54, 1.807) is 11.0 Å². The maximum absolute atomic E-state index is 12.8. The highest BCUT2D eigenvalue weighted by Gasteiger charge is 2.31. The first-order valence-electron chi connectivity index (χ1n) is 14.1. The average molecular weight is 544 g/mol. The zero-order chi connectivity index (χ0) is 28.4. The standard InChI is InChI=1S/C30H45N3O6/c1-4-5-6-7-25(35)17-26(39-20(2)34)9-8-21-13-24(30(37)27(14-21)38-3)19-33-18-23(16-29(33)36)12-22-10-11-32-28(31)15-22/h10,13-15,23,25-26,32,35,37H,4-9,11-12,16-19,31H2,1-3H3. The molecule has 0 spiro atoms. The number of hydrogen-bond donors (Lipinski definition) is 4. The summed E-state index contributed by atoms with van der Waals surface area (Å²) < 4.78 is 10.9. The van der Waals surface area contributed by atoms with Crippen LogP contribution in [0, 0.1) is 5.92 Å². The number of nitrogens with one attached hydrogen (secondary N) is 1. The minimum Gasteiger partial charge on any atom is -0.504 e. The Morgan fingerprint density at radius 1 is 1.28 bits per heavy atom. The number of likely N-dealkylation sites (tertiary alicyclic amines) is 1. The molecule has 0 bridgehead atoms. The van der Waals surface area contributed by atoms with Gasteiger partial charge in [0.2, 0.25) is 5.91 Å². The molecule has 1 aromatic carbocycles. The third-order valence-corrected chi connectivity index (χ3v) is 7.39. The van der Waals surface area contributed by atoms with Crippen molar-refractivity contribution in [3.05, 3.63) is 46.8 Å². The van der Waals surface area contributed by atoms with Crippen molar-refractivity contribution in [2.24, 2.45) is 11.7 Å². The van der Waals surface area contributed by atoms with Crippen molar-refractivity contribution in [1.82, 2.24) is 10.2 Å². The Bertz CT molecular complexity index is 1050. The van der Waals surface area contributed by atoms with Crippen molar-refractivity contribution in [3.8, 4) is 11.5 Å². The molecule has 1 amide bonds. The summed E-state index contributed by atoms with van der Waals surface area (Å²) in [6.45, 7) is 5.08. The van der Waals surface area contributed by atoms with Gasteiger partial charge in [-0.05, 0) is 54.9 Å². The molecule has 9 nitrogen and oxygen atoms in total. The van der Waals surface area contributed by atoms with E-state index < -0.39 is 12.2 Å². The number of aliphatic hydroxyl groups excluding tert-OH is 1. The molecule has 1 aromatic rings. The molecule has 39 heavy (non-hydrogen) atoms. The maximum atomic E-state index is 12.8. The summed E-state index contributed by atoms with van der Waals surface area (Å²) in [4.78, 5) is 26.3. The van der Waals surface area contributed by atoms with Crippen molar-refractivity contribution >= 4 is 11.9 Å². The molecule has 0 aromatic heterocycles. The molecular formula is C30H45N3O6. The second kappa shape index (κ2) is 14.8. The first-order chi connectivity index (χ1) is 18.7. The number of methoxy groups -OCH3 is 1. The smallest absolute Gasteiger partial charge is 0.302 e. The lowest BCUT2D eigenvalue weighted by Crippen LogP contribution is -2.25. The number of ether oxygens (including phenoxy) is 2. The van der Waals surface area contributed by atoms with E-state index in [-0.39, 0.29) is 30.1 Å². The highest BCUT2D eigenvalue weighted by molar-refractivity contribution is 5.79. The zero-order valence-corrected chi connectivity index (χ0v) is 23.6. The minimum absolute atomic E-state index is 0.0251. The molecule has 1 saturated heterocycles. The van der Waals surface area contributed by atoms with Crippen LogP contribution in [-0.2, 0) is 27.3 Å². The van der Waals surface area contributed by atoms with Gasteiger partial charge in [-0.3, -0.25) is 9.59 Å². The number of carbonyl (C=O) groups excluding carboxylic acids is 2. The first-order valence-corrected chi connectivity index (χ1v) is 14.1. The summed E-state index contributed by atoms with van der Waals surface area (Å²) >= 11 is 0. The fraction of sp³-hybridized carbons (Fsp3) is 0.600. The highest BCUT2D eigenvalue weighted by atomic mass is 16.5. The van der Waals surface area contributed by atoms with Gasteiger partial charge in [0, 0.05) is 45.0 Å². The van der Waals surface area contributed by atoms with Crippen molar-refractivity contribution < 1.29 is 29.3 Å². The monoisotopic (exact) mass is 543 g/mol. The molecule has 2 heterocycles. The van der Waals surface area contributed by atoms with Crippen molar-refractivity contribution in [3.63, 3.8) is 0 Å². The Hall–Kier alpha value is -3.20. The third-order valence-electron chi connectivity index (χ3n) is 7.39. The van der Waals surface area contributed by atoms with Gasteiger partial charge in [0.25, 0.3) is 0 Å². The largest absolute Gasteiger partial charge is 0.504 e. The summed E-state index contributed by atoms with van der Waals surface area (Å²) in [6, 6.07) is 3.66. The number of nitrogens with zero attached hydrogens (tertiary/aromatic N) is 1. The van der Waals surface area contributed by atoms with E-state index in [0.29, 0.717) is 62.3 Å². The number of phenols is 1. The molecule has 216 valence electrons. The molecular weight excluding hydrogens is 498 g/mol. The van der Waals surface area contributed by atoms with E-state index in [9.17, 15) is 19.8 Å². The van der Waals surface area contributed by atoms with Gasteiger partial charge in [-0.1, -0.05) is 38.3 Å². The van der Waals surface area contributed by atoms with Gasteiger partial charge in [0.05, 0.1) is 19.0 Å². The number of dihydropyridines is 1. The predicted octanol–water partition coefficient (Wildman–Crippen LogP) is 3.66. The summed E-state index contributed by atoms with van der Waals surface area (Å²) in [6.07, 6.45) is 9.58. The van der Waals surface area contributed by atoms with Crippen LogP contribution in [-0.4, -0.2) is 59.4 Å². The number of rotatable bonds is 15. The molecule has 3 unspecified atom stereocenters. The topological polar surface area (TPSA) is 134 Å². The van der Waals surface area contributed by atoms with Crippen LogP contribution in [0.4, 0.5) is 0 Å². The van der Waals surface area contributed by atoms with Gasteiger partial charge >= 0.3 is 5.97 Å². The van der Waals surface area contributed by atoms with Gasteiger partial charge in [-0.25, -0.2) is 0 Å². The maximum Gasteiger partial charge on any atom is 0.302 e. The first kappa shape index (κ1) is 30.3. The Morgan fingerprint density at radius 3 is 2.77 bits per heavy atom. The second-order valence-electron chi connectivity index (χ2n) is 10.8. The van der Waals surface area contributed by atoms with Crippen LogP contribution in [0.3, 0.4) is 0 Å². The summed E-state index contributed by atoms with van der Waals surface area (Å²) in [5.41, 5.74) is 8.54. The third kappa shape index (κ3) is 9.49. The number of aliphatic hydroxyl groups is 1. The lowest BCUT2D eigenvalue weighted by molar-refractivity contribution is -0.148. The van der Waals surface area contributed by atoms with Gasteiger partial charge < -0.3 is 35.6 Å². The average Bonchev–Trinajstić information content (AvgIpc) is 3.22. The summed E-state index contributed by atoms with van der Waals surface area (Å²) in [5, 5.41) is 24.3. The van der Waals surface area contributed by atoms with Crippen molar-refractivity contribution in [1.29, 1.82) is 0 Å². The number of allylic oxidation sites excluding steroid dienone is 2. The van der Waals surface area contributed by atoms with Crippen LogP contribution in [0.2, 0.25) is 0 Å². The van der Waals surface area contributed by atoms with Crippen LogP contribution in [0.1, 0.15) is 76.3 Å². The predicted molar refractivity (Wildman–Crippen MR) is 150 cm³/mol. The molecule has 3 atom stereocenters. The fourth-order valence-electron chi connectivity index (χ4n) is 5.42. The number of aryl methyl sites for hydroxylation is 1. The second-order valence-corrected chi connectivity index (χ2v) is 10.8. The molecule has 2 aliphatic heterocycles. The summed E-state index contributed by atoms with van der Waals surface area (Å²) in [7, 11) is 1.50. The van der Waals surface area contributed by atoms with Crippen LogP contribution in [0.25, 0.3) is 0 Å². The van der Waals surface area contributed by atoms with E-state index in [4.69, 9.17) is 15.2 Å². The van der Waals surface area contributed by atoms with Crippen LogP contribution >= 0.6 is 0 Å². The van der Waals surface area contributed by atoms with E-state index >= 15 is 0 Å². The summed E-state index contributed by atoms with van der Waals surface area (Å²) in [5.74, 6) is 0.885. The lowest BCUT2D eigenvalue weighted by Gasteiger charge is -2.22. The van der Waals surface area contributed by atoms with Gasteiger partial charge in [0.15, 0.2) is 11.5 Å². The van der Waals surface area contributed by atoms with E-state index in [0.717, 1.165) is 36.8 Å². The molecule has 2 aliphatic rings. The Morgan fingerprint density at radius 2 is 2.08 bits per heavy atom. The number of carbonyl (C=O) groups is 2. The van der Waals surface area contributed by atoms with E-state index in [2.05, 4.69) is 18.3 Å². The Labute approximate surface area is 232 Å². The number of nitrogens with two attached hydrogens (primary N) is 1. The van der Waals surface area contributed by atoms with Crippen LogP contribution in [0.15, 0.2) is 35.7 Å². The SMILES string of the molecule is CCCCCC(O)CC(CCc1cc(CN2CC(CC3=CCNC(N)=C3)CC2=O)c(O)c(OC)c1)OC(C)=O. The Kier molecular flexibility index (Phi) is 11.5. The van der Waals surface area contributed by atoms with E-state index in [1.807, 2.05) is 12.1 Å². The molecule has 9 heteroatoms. The molecule has 3 rings (SSSR count). The minimum atomic E-state index is -0.521. The van der Waals surface area contributed by atoms with Gasteiger partial charge in [-0.15, -0.1) is 0 Å². The number of phenolic OH excluding ortho intramolecular Hbond substituents is 1. The lowest BCUT2D eigenvalue weighted by atomic mass is 9.97. The highest BCUT2D eigenvalue weighted by Crippen LogP contribution is 2.35. The number of aromatic hydroxyl groups is 1. The normalized spacial score (nSPS) is 18.7.